The van der Waals surface area contributed by atoms with Crippen LogP contribution in [0.2, 0.25) is 0 Å². The summed E-state index contributed by atoms with van der Waals surface area (Å²) < 4.78 is 88.0. The molecule has 0 aromatic heterocycles. The van der Waals surface area contributed by atoms with Crippen LogP contribution in [-0.2, 0) is 33.7 Å². The van der Waals surface area contributed by atoms with Crippen molar-refractivity contribution in [2.24, 2.45) is 11.8 Å². The topological polar surface area (TPSA) is 138 Å². The highest BCUT2D eigenvalue weighted by Gasteiger charge is 2.66. The number of hydrogen-bond donors (Lipinski definition) is 2. The maximum atomic E-state index is 14.3. The first kappa shape index (κ1) is 19.7. The summed E-state index contributed by atoms with van der Waals surface area (Å²) in [5.74, 6) is -2.94. The summed E-state index contributed by atoms with van der Waals surface area (Å²) in [6, 6.07) is 0. The van der Waals surface area contributed by atoms with E-state index < -0.39 is 66.0 Å². The summed E-state index contributed by atoms with van der Waals surface area (Å²) >= 11 is 0. The SMILES string of the molecule is O=C1CCC(=O)N1S(=O)(O)(O)C(F)(F)COS(=O)(=O)C1CC2CCC1C2. The number of alkyl halides is 2. The molecule has 3 rings (SSSR count). The van der Waals surface area contributed by atoms with Crippen LogP contribution in [0, 0.1) is 11.8 Å². The maximum absolute atomic E-state index is 14.3. The van der Waals surface area contributed by atoms with E-state index in [0.717, 1.165) is 6.42 Å². The van der Waals surface area contributed by atoms with Gasteiger partial charge in [0, 0.05) is 12.8 Å². The normalized spacial score (nSPS) is 31.5. The van der Waals surface area contributed by atoms with Crippen LogP contribution in [0.1, 0.15) is 38.5 Å². The van der Waals surface area contributed by atoms with E-state index in [1.165, 1.54) is 0 Å². The van der Waals surface area contributed by atoms with Crippen LogP contribution < -0.4 is 0 Å². The standard InChI is InChI=1S/C13H19F2NO8S2/c14-13(15,26(21,22,23)16-11(17)3-4-12(16)18)7-24-25(19,20)10-6-8-1-2-9(10)5-8/h8-10H,1-7H2,(H2,21,22,23). The van der Waals surface area contributed by atoms with Crippen LogP contribution in [0.25, 0.3) is 0 Å². The molecule has 0 aromatic carbocycles. The highest BCUT2D eigenvalue weighted by atomic mass is 32.3. The Morgan fingerprint density at radius 2 is 1.73 bits per heavy atom. The molecule has 3 atom stereocenters. The van der Waals surface area contributed by atoms with Gasteiger partial charge in [0.25, 0.3) is 10.1 Å². The molecule has 2 N–H and O–H groups in total. The molecule has 2 amide bonds. The Morgan fingerprint density at radius 1 is 1.15 bits per heavy atom. The molecule has 26 heavy (non-hydrogen) atoms. The van der Waals surface area contributed by atoms with Gasteiger partial charge in [-0.1, -0.05) is 6.42 Å². The van der Waals surface area contributed by atoms with E-state index in [2.05, 4.69) is 4.18 Å². The van der Waals surface area contributed by atoms with E-state index in [4.69, 9.17) is 0 Å². The van der Waals surface area contributed by atoms with Crippen LogP contribution in [0.5, 0.6) is 0 Å². The molecule has 1 heterocycles. The summed E-state index contributed by atoms with van der Waals surface area (Å²) in [7, 11) is -11.8. The van der Waals surface area contributed by atoms with Crippen LogP contribution in [0.15, 0.2) is 0 Å². The van der Waals surface area contributed by atoms with Crippen LogP contribution >= 0.6 is 0 Å². The molecule has 2 aliphatic carbocycles. The van der Waals surface area contributed by atoms with Crippen molar-refractivity contribution >= 4 is 31.7 Å². The summed E-state index contributed by atoms with van der Waals surface area (Å²) in [6.45, 7) is -2.15. The second-order valence-corrected chi connectivity index (χ2v) is 11.5. The zero-order valence-corrected chi connectivity index (χ0v) is 15.2. The van der Waals surface area contributed by atoms with Crippen molar-refractivity contribution in [3.8, 4) is 0 Å². The average molecular weight is 419 g/mol. The number of carbonyl (C=O) groups excluding carboxylic acids is 2. The molecule has 0 spiro atoms. The van der Waals surface area contributed by atoms with Gasteiger partial charge >= 0.3 is 5.25 Å². The quantitative estimate of drug-likeness (QED) is 0.479. The lowest BCUT2D eigenvalue weighted by atomic mass is 10.0. The predicted molar refractivity (Wildman–Crippen MR) is 83.5 cm³/mol. The highest BCUT2D eigenvalue weighted by Crippen LogP contribution is 2.48. The Morgan fingerprint density at radius 3 is 2.19 bits per heavy atom. The lowest BCUT2D eigenvalue weighted by Crippen LogP contribution is -2.64. The maximum Gasteiger partial charge on any atom is 0.384 e. The minimum atomic E-state index is -7.31. The largest absolute Gasteiger partial charge is 0.384 e. The van der Waals surface area contributed by atoms with Crippen molar-refractivity contribution in [2.45, 2.75) is 49.0 Å². The fourth-order valence-electron chi connectivity index (χ4n) is 3.94. The average Bonchev–Trinajstić information content (AvgIpc) is 3.21. The van der Waals surface area contributed by atoms with E-state index in [1.807, 2.05) is 0 Å². The minimum Gasteiger partial charge on any atom is -0.288 e. The van der Waals surface area contributed by atoms with Gasteiger partial charge in [-0.2, -0.15) is 21.5 Å². The van der Waals surface area contributed by atoms with Crippen LogP contribution in [0.4, 0.5) is 8.78 Å². The third-order valence-corrected chi connectivity index (χ3v) is 9.29. The summed E-state index contributed by atoms with van der Waals surface area (Å²) in [5, 5.41) is -6.07. The number of imide groups is 1. The number of nitrogens with zero attached hydrogens (tertiary/aromatic N) is 1. The fourth-order valence-corrected chi connectivity index (χ4v) is 7.17. The molecular weight excluding hydrogens is 400 g/mol. The fraction of sp³-hybridized carbons (Fsp3) is 0.846. The molecule has 3 fully saturated rings. The molecule has 1 aliphatic heterocycles. The minimum absolute atomic E-state index is 0.177. The zero-order chi connectivity index (χ0) is 19.6. The van der Waals surface area contributed by atoms with E-state index in [0.29, 0.717) is 12.8 Å². The van der Waals surface area contributed by atoms with Crippen molar-refractivity contribution in [3.05, 3.63) is 0 Å². The second kappa shape index (κ2) is 5.74. The number of carbonyl (C=O) groups is 2. The monoisotopic (exact) mass is 419 g/mol. The Hall–Kier alpha value is -1.02. The predicted octanol–water partition coefficient (Wildman–Crippen LogP) is 0.944. The molecule has 3 unspecified atom stereocenters. The van der Waals surface area contributed by atoms with Crippen LogP contribution in [-0.4, -0.2) is 55.0 Å². The number of hydrogen-bond acceptors (Lipinski definition) is 6. The second-order valence-electron chi connectivity index (χ2n) is 7.01. The van der Waals surface area contributed by atoms with E-state index in [-0.39, 0.29) is 18.3 Å². The molecule has 0 aromatic rings. The third kappa shape index (κ3) is 2.89. The lowest BCUT2D eigenvalue weighted by molar-refractivity contribution is -0.134. The van der Waals surface area contributed by atoms with Gasteiger partial charge in [-0.05, 0) is 31.1 Å². The van der Waals surface area contributed by atoms with E-state index >= 15 is 0 Å². The first-order chi connectivity index (χ1) is 11.7. The van der Waals surface area contributed by atoms with Crippen molar-refractivity contribution in [2.75, 3.05) is 6.61 Å². The first-order valence-electron chi connectivity index (χ1n) is 8.02. The van der Waals surface area contributed by atoms with Crippen molar-refractivity contribution < 1.29 is 44.3 Å². The smallest absolute Gasteiger partial charge is 0.288 e. The summed E-state index contributed by atoms with van der Waals surface area (Å²) in [6.07, 6.45) is 1.17. The number of amides is 2. The van der Waals surface area contributed by atoms with Crippen molar-refractivity contribution in [1.29, 1.82) is 0 Å². The molecule has 150 valence electrons. The summed E-state index contributed by atoms with van der Waals surface area (Å²) in [5.41, 5.74) is 0. The van der Waals surface area contributed by atoms with Gasteiger partial charge in [0.2, 0.25) is 21.6 Å². The Labute approximate surface area is 148 Å². The van der Waals surface area contributed by atoms with Gasteiger partial charge in [0.1, 0.15) is 6.61 Å². The Kier molecular flexibility index (Phi) is 4.35. The Balaban J connectivity index is 1.78. The first-order valence-corrected chi connectivity index (χ1v) is 11.3. The lowest BCUT2D eigenvalue weighted by Gasteiger charge is -2.42. The zero-order valence-electron chi connectivity index (χ0n) is 13.5. The third-order valence-electron chi connectivity index (χ3n) is 5.29. The molecular formula is C13H19F2NO8S2. The van der Waals surface area contributed by atoms with Crippen molar-refractivity contribution in [3.63, 3.8) is 0 Å². The molecule has 1 saturated heterocycles. The number of rotatable bonds is 6. The molecule has 9 nitrogen and oxygen atoms in total. The van der Waals surface area contributed by atoms with Gasteiger partial charge in [-0.3, -0.25) is 22.9 Å². The molecule has 0 radical (unpaired) electrons. The van der Waals surface area contributed by atoms with Gasteiger partial charge in [0.15, 0.2) is 0 Å². The Bertz CT molecular complexity index is 804. The van der Waals surface area contributed by atoms with Gasteiger partial charge < -0.3 is 0 Å². The number of fused-ring (bicyclic) bond motifs is 2. The van der Waals surface area contributed by atoms with Crippen LogP contribution in [0.3, 0.4) is 0 Å². The molecule has 3 aliphatic rings. The van der Waals surface area contributed by atoms with E-state index in [9.17, 15) is 40.1 Å². The molecule has 2 saturated carbocycles. The van der Waals surface area contributed by atoms with E-state index in [1.54, 1.807) is 0 Å². The highest BCUT2D eigenvalue weighted by molar-refractivity contribution is 8.10. The molecule has 2 bridgehead atoms. The number of halogens is 2. The van der Waals surface area contributed by atoms with Gasteiger partial charge in [0.05, 0.1) is 5.25 Å². The van der Waals surface area contributed by atoms with Gasteiger partial charge in [-0.25, -0.2) is 4.21 Å². The molecule has 13 heteroatoms. The van der Waals surface area contributed by atoms with Gasteiger partial charge in [-0.15, -0.1) is 0 Å². The van der Waals surface area contributed by atoms with Crippen molar-refractivity contribution in [1.82, 2.24) is 4.31 Å². The summed E-state index contributed by atoms with van der Waals surface area (Å²) in [4.78, 5) is 23.0.